The van der Waals surface area contributed by atoms with Crippen molar-refractivity contribution < 1.29 is 4.79 Å². The number of hydrogen-bond acceptors (Lipinski definition) is 6. The summed E-state index contributed by atoms with van der Waals surface area (Å²) < 4.78 is 1.31. The van der Waals surface area contributed by atoms with Gasteiger partial charge in [0.1, 0.15) is 17.6 Å². The highest BCUT2D eigenvalue weighted by Gasteiger charge is 2.22. The van der Waals surface area contributed by atoms with Crippen LogP contribution >= 0.6 is 0 Å². The number of nitrogens with zero attached hydrogens (tertiary/aromatic N) is 3. The molecule has 1 aliphatic carbocycles. The molecule has 9 heteroatoms. The Labute approximate surface area is 214 Å². The molecular weight excluding hydrogens is 468 g/mol. The predicted molar refractivity (Wildman–Crippen MR) is 144 cm³/mol. The monoisotopic (exact) mass is 498 g/mol. The molecule has 3 aromatic rings. The number of H-pyrrole nitrogens is 1. The van der Waals surface area contributed by atoms with E-state index in [1.807, 2.05) is 30.3 Å². The molecule has 1 aromatic heterocycles. The molecule has 190 valence electrons. The Morgan fingerprint density at radius 2 is 1.86 bits per heavy atom. The number of amides is 1. The fourth-order valence-corrected chi connectivity index (χ4v) is 4.54. The highest BCUT2D eigenvalue weighted by molar-refractivity contribution is 5.95. The molecule has 0 radical (unpaired) electrons. The third-order valence-corrected chi connectivity index (χ3v) is 6.46. The second-order valence-electron chi connectivity index (χ2n) is 9.05. The van der Waals surface area contributed by atoms with Gasteiger partial charge in [-0.15, -0.1) is 0 Å². The van der Waals surface area contributed by atoms with Crippen molar-refractivity contribution in [2.45, 2.75) is 38.6 Å². The van der Waals surface area contributed by atoms with Crippen LogP contribution in [0.5, 0.6) is 0 Å². The first-order valence-corrected chi connectivity index (χ1v) is 12.3. The van der Waals surface area contributed by atoms with Crippen molar-refractivity contribution >= 4 is 23.1 Å². The topological polar surface area (TPSA) is 137 Å². The lowest BCUT2D eigenvalue weighted by molar-refractivity contribution is -0.115. The van der Waals surface area contributed by atoms with Gasteiger partial charge in [0.05, 0.1) is 24.3 Å². The highest BCUT2D eigenvalue weighted by atomic mass is 16.2. The summed E-state index contributed by atoms with van der Waals surface area (Å²) >= 11 is 0. The summed E-state index contributed by atoms with van der Waals surface area (Å²) in [6, 6.07) is 18.1. The number of nitrogens with one attached hydrogen (secondary N) is 2. The molecule has 1 aliphatic rings. The lowest BCUT2D eigenvalue weighted by Gasteiger charge is -2.27. The number of anilines is 3. The zero-order valence-electron chi connectivity index (χ0n) is 20.6. The summed E-state index contributed by atoms with van der Waals surface area (Å²) in [5.41, 5.74) is 8.10. The van der Waals surface area contributed by atoms with Gasteiger partial charge in [0.25, 0.3) is 5.56 Å². The Kier molecular flexibility index (Phi) is 8.21. The van der Waals surface area contributed by atoms with E-state index in [0.29, 0.717) is 24.2 Å². The number of hydrogen-bond donors (Lipinski definition) is 3. The van der Waals surface area contributed by atoms with Gasteiger partial charge in [-0.1, -0.05) is 54.1 Å². The van der Waals surface area contributed by atoms with E-state index in [1.165, 1.54) is 10.1 Å². The second-order valence-corrected chi connectivity index (χ2v) is 9.05. The number of carbonyl (C=O) groups is 1. The van der Waals surface area contributed by atoms with Gasteiger partial charge in [0.2, 0.25) is 5.91 Å². The SMILES string of the molecule is N#Cc1ccccc1NC(=O)CN(CCC1=CCCCC1)c1c(N)n(Cc2ccccc2)c(=O)[nH]c1=O. The molecule has 1 heterocycles. The van der Waals surface area contributed by atoms with E-state index in [0.717, 1.165) is 31.2 Å². The fourth-order valence-electron chi connectivity index (χ4n) is 4.54. The zero-order chi connectivity index (χ0) is 26.2. The summed E-state index contributed by atoms with van der Waals surface area (Å²) in [4.78, 5) is 42.8. The van der Waals surface area contributed by atoms with Crippen LogP contribution in [0.3, 0.4) is 0 Å². The molecule has 0 aliphatic heterocycles. The lowest BCUT2D eigenvalue weighted by atomic mass is 9.97. The van der Waals surface area contributed by atoms with E-state index < -0.39 is 17.2 Å². The van der Waals surface area contributed by atoms with Crippen LogP contribution in [0.1, 0.15) is 43.2 Å². The maximum absolute atomic E-state index is 13.1. The number of rotatable bonds is 9. The Morgan fingerprint density at radius 3 is 2.59 bits per heavy atom. The van der Waals surface area contributed by atoms with Crippen LogP contribution in [-0.4, -0.2) is 28.5 Å². The molecule has 4 rings (SSSR count). The third kappa shape index (κ3) is 6.35. The molecule has 0 bridgehead atoms. The van der Waals surface area contributed by atoms with Crippen LogP contribution in [0.15, 0.2) is 75.8 Å². The molecule has 0 saturated carbocycles. The number of carbonyl (C=O) groups excluding carboxylic acids is 1. The normalized spacial score (nSPS) is 12.9. The van der Waals surface area contributed by atoms with Gasteiger partial charge >= 0.3 is 5.69 Å². The van der Waals surface area contributed by atoms with Gasteiger partial charge in [-0.25, -0.2) is 4.79 Å². The van der Waals surface area contributed by atoms with Crippen molar-refractivity contribution in [1.82, 2.24) is 9.55 Å². The van der Waals surface area contributed by atoms with E-state index in [9.17, 15) is 19.6 Å². The van der Waals surface area contributed by atoms with Gasteiger partial charge in [0, 0.05) is 6.54 Å². The molecular formula is C28H30N6O3. The third-order valence-electron chi connectivity index (χ3n) is 6.46. The van der Waals surface area contributed by atoms with Gasteiger partial charge in [-0.3, -0.25) is 19.1 Å². The molecule has 0 unspecified atom stereocenters. The summed E-state index contributed by atoms with van der Waals surface area (Å²) in [7, 11) is 0. The molecule has 0 atom stereocenters. The average molecular weight is 499 g/mol. The molecule has 37 heavy (non-hydrogen) atoms. The maximum atomic E-state index is 13.1. The number of allylic oxidation sites excluding steroid dienone is 1. The number of benzene rings is 2. The minimum absolute atomic E-state index is 0.000418. The molecule has 1 amide bonds. The van der Waals surface area contributed by atoms with Crippen LogP contribution in [0.25, 0.3) is 0 Å². The largest absolute Gasteiger partial charge is 0.383 e. The number of para-hydroxylation sites is 1. The van der Waals surface area contributed by atoms with E-state index in [2.05, 4.69) is 22.4 Å². The van der Waals surface area contributed by atoms with Crippen LogP contribution in [0, 0.1) is 11.3 Å². The second kappa shape index (κ2) is 11.9. The first-order valence-electron chi connectivity index (χ1n) is 12.3. The quantitative estimate of drug-likeness (QED) is 0.387. The van der Waals surface area contributed by atoms with Crippen molar-refractivity contribution in [2.75, 3.05) is 29.0 Å². The number of aromatic amines is 1. The zero-order valence-corrected chi connectivity index (χ0v) is 20.6. The summed E-state index contributed by atoms with van der Waals surface area (Å²) in [6.07, 6.45) is 7.15. The maximum Gasteiger partial charge on any atom is 0.330 e. The fraction of sp³-hybridized carbons (Fsp3) is 0.286. The minimum Gasteiger partial charge on any atom is -0.383 e. The summed E-state index contributed by atoms with van der Waals surface area (Å²) in [5.74, 6) is -0.402. The van der Waals surface area contributed by atoms with Crippen LogP contribution in [0.4, 0.5) is 17.2 Å². The van der Waals surface area contributed by atoms with Crippen molar-refractivity contribution in [3.8, 4) is 6.07 Å². The Hall–Kier alpha value is -4.58. The van der Waals surface area contributed by atoms with Crippen molar-refractivity contribution in [3.63, 3.8) is 0 Å². The van der Waals surface area contributed by atoms with Crippen LogP contribution in [-0.2, 0) is 11.3 Å². The molecule has 4 N–H and O–H groups in total. The van der Waals surface area contributed by atoms with E-state index >= 15 is 0 Å². The van der Waals surface area contributed by atoms with Crippen molar-refractivity contribution in [3.05, 3.63) is 98.2 Å². The average Bonchev–Trinajstić information content (AvgIpc) is 2.91. The van der Waals surface area contributed by atoms with Crippen molar-refractivity contribution in [2.24, 2.45) is 0 Å². The van der Waals surface area contributed by atoms with Crippen LogP contribution in [0.2, 0.25) is 0 Å². The van der Waals surface area contributed by atoms with Gasteiger partial charge in [-0.05, 0) is 49.8 Å². The number of aromatic nitrogens is 2. The van der Waals surface area contributed by atoms with Crippen LogP contribution < -0.4 is 27.2 Å². The Morgan fingerprint density at radius 1 is 1.11 bits per heavy atom. The Balaban J connectivity index is 1.66. The van der Waals surface area contributed by atoms with Gasteiger partial charge in [0.15, 0.2) is 0 Å². The number of nitriles is 1. The molecule has 0 fully saturated rings. The summed E-state index contributed by atoms with van der Waals surface area (Å²) in [5, 5.41) is 12.1. The smallest absolute Gasteiger partial charge is 0.330 e. The summed E-state index contributed by atoms with van der Waals surface area (Å²) in [6.45, 7) is 0.371. The molecule has 0 saturated heterocycles. The Bertz CT molecular complexity index is 1450. The van der Waals surface area contributed by atoms with E-state index in [1.54, 1.807) is 29.2 Å². The van der Waals surface area contributed by atoms with Crippen molar-refractivity contribution in [1.29, 1.82) is 5.26 Å². The molecule has 2 aromatic carbocycles. The van der Waals surface area contributed by atoms with E-state index in [-0.39, 0.29) is 24.6 Å². The molecule has 9 nitrogen and oxygen atoms in total. The predicted octanol–water partition coefficient (Wildman–Crippen LogP) is 3.37. The van der Waals surface area contributed by atoms with Gasteiger partial charge < -0.3 is 16.0 Å². The van der Waals surface area contributed by atoms with E-state index in [4.69, 9.17) is 5.73 Å². The molecule has 0 spiro atoms. The lowest BCUT2D eigenvalue weighted by Crippen LogP contribution is -2.42. The van der Waals surface area contributed by atoms with Gasteiger partial charge in [-0.2, -0.15) is 5.26 Å². The first kappa shape index (κ1) is 25.5. The number of nitrogens with two attached hydrogens (primary N) is 1. The highest BCUT2D eigenvalue weighted by Crippen LogP contribution is 2.23. The first-order chi connectivity index (χ1) is 18.0. The number of nitrogen functional groups attached to an aromatic ring is 1. The minimum atomic E-state index is -0.644. The standard InChI is InChI=1S/C28H30N6O3/c29-17-22-13-7-8-14-23(22)31-24(35)19-33(16-15-20-9-3-1-4-10-20)25-26(30)34(28(37)32-27(25)36)18-21-11-5-2-6-12-21/h2,5-9,11-14H,1,3-4,10,15-16,18-19,30H2,(H,31,35)(H,32,36,37).